The average molecular weight is 652 g/mol. The number of aliphatic imine (C=N–C) groups is 2. The predicted molar refractivity (Wildman–Crippen MR) is 185 cm³/mol. The second-order valence-electron chi connectivity index (χ2n) is 9.42. The molecule has 0 atom stereocenters. The number of aromatic nitrogens is 2. The number of pyridine rings is 2. The standard InChI is InChI=1S/2C11H15N3O.2C7H7.Co/c2*1-9(10(2)14-15)12-8-6-11-5-3-4-7-13-11;2*1-7-5-3-2-4-6-7;/h2*3-5,7,15H,6,8H2,1-2H3;2*2-6H,1H2;/q;;2*-1;+2/b2*12-9?,14-10+;;;. The van der Waals surface area contributed by atoms with Crippen molar-refractivity contribution in [3.63, 3.8) is 0 Å². The number of nitrogens with zero attached hydrogens (tertiary/aromatic N) is 6. The third kappa shape index (κ3) is 20.7. The minimum absolute atomic E-state index is 0. The van der Waals surface area contributed by atoms with Crippen molar-refractivity contribution >= 4 is 22.8 Å². The van der Waals surface area contributed by atoms with Crippen molar-refractivity contribution in [3.8, 4) is 0 Å². The topological polar surface area (TPSA) is 116 Å². The molecule has 0 saturated heterocycles. The van der Waals surface area contributed by atoms with Gasteiger partial charge in [0.15, 0.2) is 0 Å². The van der Waals surface area contributed by atoms with Gasteiger partial charge >= 0.3 is 16.8 Å². The molecule has 239 valence electrons. The van der Waals surface area contributed by atoms with E-state index in [1.807, 2.05) is 112 Å². The van der Waals surface area contributed by atoms with Crippen LogP contribution in [0.3, 0.4) is 0 Å². The van der Waals surface area contributed by atoms with E-state index in [9.17, 15) is 0 Å². The van der Waals surface area contributed by atoms with Crippen LogP contribution in [0, 0.1) is 12.8 Å². The van der Waals surface area contributed by atoms with Crippen LogP contribution in [-0.4, -0.2) is 56.3 Å². The molecule has 0 aromatic carbocycles. The second kappa shape index (κ2) is 25.7. The molecule has 2 aromatic rings. The van der Waals surface area contributed by atoms with E-state index in [0.29, 0.717) is 24.5 Å². The van der Waals surface area contributed by atoms with Gasteiger partial charge < -0.3 is 10.4 Å². The Balaban J connectivity index is 0.000000602. The molecular formula is C36H44CoN6O2. The van der Waals surface area contributed by atoms with E-state index in [4.69, 9.17) is 10.4 Å². The fourth-order valence-electron chi connectivity index (χ4n) is 3.10. The van der Waals surface area contributed by atoms with Gasteiger partial charge in [-0.05, 0) is 52.0 Å². The van der Waals surface area contributed by atoms with Crippen LogP contribution in [0.15, 0.2) is 142 Å². The van der Waals surface area contributed by atoms with E-state index in [1.54, 1.807) is 26.2 Å². The van der Waals surface area contributed by atoms with Gasteiger partial charge in [0.1, 0.15) is 0 Å². The zero-order valence-electron chi connectivity index (χ0n) is 26.5. The predicted octanol–water partition coefficient (Wildman–Crippen LogP) is 7.61. The first-order valence-corrected chi connectivity index (χ1v) is 14.2. The van der Waals surface area contributed by atoms with Crippen molar-refractivity contribution in [1.29, 1.82) is 0 Å². The first kappa shape index (κ1) is 40.3. The van der Waals surface area contributed by atoms with Gasteiger partial charge in [0, 0.05) is 49.7 Å². The Labute approximate surface area is 279 Å². The van der Waals surface area contributed by atoms with Gasteiger partial charge in [-0.2, -0.15) is 61.4 Å². The van der Waals surface area contributed by atoms with Crippen LogP contribution in [0.5, 0.6) is 0 Å². The summed E-state index contributed by atoms with van der Waals surface area (Å²) in [4.78, 5) is 16.9. The summed E-state index contributed by atoms with van der Waals surface area (Å²) in [6.45, 7) is 15.9. The number of allylic oxidation sites excluding steroid dienone is 10. The molecule has 8 nitrogen and oxygen atoms in total. The van der Waals surface area contributed by atoms with Crippen molar-refractivity contribution < 1.29 is 27.2 Å². The molecular weight excluding hydrogens is 607 g/mol. The zero-order chi connectivity index (χ0) is 32.4. The average Bonchev–Trinajstić information content (AvgIpc) is 3.06. The molecule has 1 radical (unpaired) electrons. The second-order valence-corrected chi connectivity index (χ2v) is 9.42. The quantitative estimate of drug-likeness (QED) is 0.132. The normalized spacial score (nSPS) is 13.9. The van der Waals surface area contributed by atoms with Crippen molar-refractivity contribution in [2.24, 2.45) is 20.3 Å². The molecule has 0 unspecified atom stereocenters. The van der Waals surface area contributed by atoms with Crippen molar-refractivity contribution in [1.82, 2.24) is 9.97 Å². The Bertz CT molecular complexity index is 1250. The summed E-state index contributed by atoms with van der Waals surface area (Å²) >= 11 is 0. The summed E-state index contributed by atoms with van der Waals surface area (Å²) in [5.41, 5.74) is 6.80. The van der Waals surface area contributed by atoms with Gasteiger partial charge in [0.2, 0.25) is 0 Å². The molecule has 2 N–H and O–H groups in total. The van der Waals surface area contributed by atoms with E-state index < -0.39 is 0 Å². The Kier molecular flexibility index (Phi) is 23.0. The molecule has 0 saturated carbocycles. The molecule has 9 heteroatoms. The fourth-order valence-corrected chi connectivity index (χ4v) is 3.10. The summed E-state index contributed by atoms with van der Waals surface area (Å²) in [6.07, 6.45) is 24.9. The summed E-state index contributed by atoms with van der Waals surface area (Å²) in [6, 6.07) is 11.6. The van der Waals surface area contributed by atoms with Crippen LogP contribution >= 0.6 is 0 Å². The van der Waals surface area contributed by atoms with E-state index >= 15 is 0 Å². The van der Waals surface area contributed by atoms with E-state index in [1.165, 1.54) is 0 Å². The number of hydrogen-bond donors (Lipinski definition) is 2. The van der Waals surface area contributed by atoms with Crippen LogP contribution in [0.25, 0.3) is 0 Å². The monoisotopic (exact) mass is 651 g/mol. The Morgan fingerprint density at radius 3 is 1.22 bits per heavy atom. The minimum Gasteiger partial charge on any atom is -0.411 e. The minimum atomic E-state index is 0. The first-order valence-electron chi connectivity index (χ1n) is 14.2. The molecule has 0 fully saturated rings. The maximum Gasteiger partial charge on any atom is 2.00 e. The maximum atomic E-state index is 8.52. The Hall–Kier alpha value is -4.73. The smallest absolute Gasteiger partial charge is 0.411 e. The Morgan fingerprint density at radius 2 is 0.978 bits per heavy atom. The van der Waals surface area contributed by atoms with Crippen LogP contribution < -0.4 is 0 Å². The van der Waals surface area contributed by atoms with Crippen molar-refractivity contribution in [2.45, 2.75) is 40.5 Å². The molecule has 0 spiro atoms. The van der Waals surface area contributed by atoms with Crippen LogP contribution in [-0.2, 0) is 29.6 Å². The van der Waals surface area contributed by atoms with Crippen LogP contribution in [0.2, 0.25) is 0 Å². The van der Waals surface area contributed by atoms with Gasteiger partial charge in [-0.25, -0.2) is 0 Å². The number of hydrogen-bond acceptors (Lipinski definition) is 8. The zero-order valence-corrected chi connectivity index (χ0v) is 27.6. The molecule has 2 aromatic heterocycles. The fraction of sp³-hybridized carbons (Fsp3) is 0.222. The van der Waals surface area contributed by atoms with Crippen molar-refractivity contribution in [2.75, 3.05) is 13.1 Å². The SMILES string of the molecule is C=C1C=C[CH-]C=C1.C=C1C=C[CH-]C=C1.CC(=NCCc1ccccn1)/C(C)=N/O.CC(=NCCc1ccccn1)/C(C)=N/O.[Co+2]. The molecule has 45 heavy (non-hydrogen) atoms. The maximum absolute atomic E-state index is 8.52. The molecule has 4 rings (SSSR count). The molecule has 2 aliphatic rings. The molecule has 2 heterocycles. The van der Waals surface area contributed by atoms with Gasteiger partial charge in [-0.15, -0.1) is 24.3 Å². The van der Waals surface area contributed by atoms with E-state index in [2.05, 4.69) is 43.4 Å². The first-order chi connectivity index (χ1) is 21.3. The molecule has 2 aliphatic carbocycles. The third-order valence-electron chi connectivity index (χ3n) is 5.92. The molecule has 0 bridgehead atoms. The number of rotatable bonds is 8. The summed E-state index contributed by atoms with van der Waals surface area (Å²) in [5.74, 6) is 0. The van der Waals surface area contributed by atoms with E-state index in [-0.39, 0.29) is 16.8 Å². The molecule has 0 aliphatic heterocycles. The molecule has 0 amide bonds. The summed E-state index contributed by atoms with van der Waals surface area (Å²) < 4.78 is 0. The van der Waals surface area contributed by atoms with E-state index in [0.717, 1.165) is 46.8 Å². The summed E-state index contributed by atoms with van der Waals surface area (Å²) in [7, 11) is 0. The van der Waals surface area contributed by atoms with Gasteiger partial charge in [0.05, 0.1) is 22.8 Å². The number of oxime groups is 2. The van der Waals surface area contributed by atoms with Crippen molar-refractivity contribution in [3.05, 3.63) is 146 Å². The summed E-state index contributed by atoms with van der Waals surface area (Å²) in [5, 5.41) is 23.2. The largest absolute Gasteiger partial charge is 2.00 e. The van der Waals surface area contributed by atoms with Gasteiger partial charge in [-0.3, -0.25) is 20.0 Å². The third-order valence-corrected chi connectivity index (χ3v) is 5.92. The van der Waals surface area contributed by atoms with Crippen LogP contribution in [0.1, 0.15) is 39.1 Å². The van der Waals surface area contributed by atoms with Crippen LogP contribution in [0.4, 0.5) is 0 Å². The van der Waals surface area contributed by atoms with Gasteiger partial charge in [-0.1, -0.05) is 22.4 Å². The van der Waals surface area contributed by atoms with Gasteiger partial charge in [0.25, 0.3) is 0 Å². The Morgan fingerprint density at radius 1 is 0.622 bits per heavy atom.